The van der Waals surface area contributed by atoms with E-state index in [-0.39, 0.29) is 5.54 Å². The quantitative estimate of drug-likeness (QED) is 0.867. The van der Waals surface area contributed by atoms with E-state index in [1.54, 1.807) is 11.8 Å². The van der Waals surface area contributed by atoms with Crippen LogP contribution in [-0.2, 0) is 0 Å². The molecule has 3 rings (SSSR count). The summed E-state index contributed by atoms with van der Waals surface area (Å²) in [6, 6.07) is 18.9. The van der Waals surface area contributed by atoms with E-state index in [9.17, 15) is 0 Å². The minimum absolute atomic E-state index is 0.0526. The van der Waals surface area contributed by atoms with Gasteiger partial charge in [-0.2, -0.15) is 0 Å². The molecule has 0 aliphatic carbocycles. The van der Waals surface area contributed by atoms with Crippen molar-refractivity contribution in [1.29, 1.82) is 0 Å². The summed E-state index contributed by atoms with van der Waals surface area (Å²) < 4.78 is 0. The van der Waals surface area contributed by atoms with Gasteiger partial charge in [0.25, 0.3) is 0 Å². The smallest absolute Gasteiger partial charge is 0.161 e. The minimum atomic E-state index is 0.0526. The molecule has 20 heavy (non-hydrogen) atoms. The number of anilines is 1. The van der Waals surface area contributed by atoms with Crippen LogP contribution in [-0.4, -0.2) is 16.5 Å². The van der Waals surface area contributed by atoms with Crippen LogP contribution in [0.2, 0.25) is 0 Å². The maximum absolute atomic E-state index is 4.66. The number of benzene rings is 2. The van der Waals surface area contributed by atoms with E-state index in [1.807, 2.05) is 6.07 Å². The van der Waals surface area contributed by atoms with E-state index in [0.29, 0.717) is 0 Å². The lowest BCUT2D eigenvalue weighted by Crippen LogP contribution is -2.15. The highest BCUT2D eigenvalue weighted by atomic mass is 32.2. The van der Waals surface area contributed by atoms with E-state index >= 15 is 0 Å². The molecular formula is C17H18N2S. The van der Waals surface area contributed by atoms with Crippen molar-refractivity contribution >= 4 is 22.6 Å². The van der Waals surface area contributed by atoms with Crippen LogP contribution in [0.5, 0.6) is 0 Å². The largest absolute Gasteiger partial charge is 0.335 e. The second kappa shape index (κ2) is 5.33. The molecule has 0 saturated carbocycles. The van der Waals surface area contributed by atoms with Crippen LogP contribution < -0.4 is 5.32 Å². The van der Waals surface area contributed by atoms with Crippen molar-refractivity contribution in [2.45, 2.75) is 19.4 Å². The zero-order chi connectivity index (χ0) is 14.0. The van der Waals surface area contributed by atoms with Gasteiger partial charge in [-0.1, -0.05) is 54.2 Å². The standard InChI is InChI=1S/C17H18N2S/c1-17(2)12-20-16(19-17)18-15-10-8-14(9-11-15)13-6-4-3-5-7-13/h3-11H,12H2,1-2H3,(H,18,19). The molecule has 0 fully saturated rings. The van der Waals surface area contributed by atoms with Gasteiger partial charge in [-0.3, -0.25) is 4.99 Å². The minimum Gasteiger partial charge on any atom is -0.335 e. The molecule has 3 heteroatoms. The lowest BCUT2D eigenvalue weighted by atomic mass is 10.1. The highest BCUT2D eigenvalue weighted by molar-refractivity contribution is 8.14. The number of nitrogens with one attached hydrogen (secondary N) is 1. The summed E-state index contributed by atoms with van der Waals surface area (Å²) in [5, 5.41) is 4.40. The van der Waals surface area contributed by atoms with Gasteiger partial charge < -0.3 is 5.32 Å². The summed E-state index contributed by atoms with van der Waals surface area (Å²) in [6.45, 7) is 4.32. The Morgan fingerprint density at radius 2 is 1.60 bits per heavy atom. The van der Waals surface area contributed by atoms with Crippen molar-refractivity contribution in [3.05, 3.63) is 54.6 Å². The van der Waals surface area contributed by atoms with Gasteiger partial charge in [-0.05, 0) is 37.1 Å². The van der Waals surface area contributed by atoms with E-state index in [0.717, 1.165) is 16.6 Å². The summed E-state index contributed by atoms with van der Waals surface area (Å²) in [6.07, 6.45) is 0. The molecule has 102 valence electrons. The molecule has 0 amide bonds. The Hall–Kier alpha value is -1.74. The Kier molecular flexibility index (Phi) is 3.53. The average molecular weight is 282 g/mol. The summed E-state index contributed by atoms with van der Waals surface area (Å²) in [5.41, 5.74) is 3.62. The molecule has 0 spiro atoms. The SMILES string of the molecule is CC1(C)CSC(Nc2ccc(-c3ccccc3)cc2)=N1. The summed E-state index contributed by atoms with van der Waals surface area (Å²) in [7, 11) is 0. The van der Waals surface area contributed by atoms with E-state index in [4.69, 9.17) is 0 Å². The fourth-order valence-corrected chi connectivity index (χ4v) is 3.20. The first-order valence-electron chi connectivity index (χ1n) is 6.78. The number of aliphatic imine (C=N–C) groups is 1. The number of rotatable bonds is 2. The second-order valence-electron chi connectivity index (χ2n) is 5.59. The van der Waals surface area contributed by atoms with Crippen molar-refractivity contribution in [2.75, 3.05) is 11.1 Å². The maximum atomic E-state index is 4.66. The summed E-state index contributed by atoms with van der Waals surface area (Å²) in [5.74, 6) is 1.04. The molecule has 0 radical (unpaired) electrons. The van der Waals surface area contributed by atoms with Gasteiger partial charge in [0, 0.05) is 11.4 Å². The van der Waals surface area contributed by atoms with Crippen LogP contribution >= 0.6 is 11.8 Å². The molecule has 2 nitrogen and oxygen atoms in total. The highest BCUT2D eigenvalue weighted by Gasteiger charge is 2.25. The molecule has 2 aromatic rings. The number of amidine groups is 1. The fourth-order valence-electron chi connectivity index (χ4n) is 2.15. The maximum Gasteiger partial charge on any atom is 0.161 e. The van der Waals surface area contributed by atoms with Crippen molar-refractivity contribution in [2.24, 2.45) is 4.99 Å². The Morgan fingerprint density at radius 1 is 0.950 bits per heavy atom. The molecular weight excluding hydrogens is 264 g/mol. The van der Waals surface area contributed by atoms with Crippen LogP contribution in [0.3, 0.4) is 0 Å². The van der Waals surface area contributed by atoms with E-state index in [2.05, 4.69) is 72.7 Å². The third kappa shape index (κ3) is 3.05. The first-order valence-corrected chi connectivity index (χ1v) is 7.76. The number of thioether (sulfide) groups is 1. The Balaban J connectivity index is 1.74. The lowest BCUT2D eigenvalue weighted by molar-refractivity contribution is 0.605. The molecule has 0 bridgehead atoms. The predicted octanol–water partition coefficient (Wildman–Crippen LogP) is 4.65. The van der Waals surface area contributed by atoms with Crippen molar-refractivity contribution in [3.8, 4) is 11.1 Å². The molecule has 0 atom stereocenters. The monoisotopic (exact) mass is 282 g/mol. The van der Waals surface area contributed by atoms with Crippen molar-refractivity contribution in [3.63, 3.8) is 0 Å². The number of hydrogen-bond acceptors (Lipinski definition) is 3. The Labute approximate surface area is 124 Å². The van der Waals surface area contributed by atoms with Crippen LogP contribution in [0.4, 0.5) is 5.69 Å². The fraction of sp³-hybridized carbons (Fsp3) is 0.235. The van der Waals surface area contributed by atoms with Gasteiger partial charge in [0.1, 0.15) is 0 Å². The molecule has 0 aromatic heterocycles. The predicted molar refractivity (Wildman–Crippen MR) is 89.5 cm³/mol. The van der Waals surface area contributed by atoms with Crippen LogP contribution in [0, 0.1) is 0 Å². The Bertz CT molecular complexity index is 615. The molecule has 1 heterocycles. The third-order valence-corrected chi connectivity index (χ3v) is 4.53. The van der Waals surface area contributed by atoms with Gasteiger partial charge in [-0.25, -0.2) is 0 Å². The first-order chi connectivity index (χ1) is 9.62. The normalized spacial score (nSPS) is 16.8. The summed E-state index contributed by atoms with van der Waals surface area (Å²) >= 11 is 1.78. The molecule has 2 aromatic carbocycles. The zero-order valence-corrected chi connectivity index (χ0v) is 12.6. The first kappa shape index (κ1) is 13.3. The average Bonchev–Trinajstić information content (AvgIpc) is 2.80. The van der Waals surface area contributed by atoms with Crippen LogP contribution in [0.1, 0.15) is 13.8 Å². The number of hydrogen-bond donors (Lipinski definition) is 1. The number of nitrogens with zero attached hydrogens (tertiary/aromatic N) is 1. The van der Waals surface area contributed by atoms with Gasteiger partial charge >= 0.3 is 0 Å². The summed E-state index contributed by atoms with van der Waals surface area (Å²) in [4.78, 5) is 4.66. The topological polar surface area (TPSA) is 24.4 Å². The van der Waals surface area contributed by atoms with E-state index < -0.39 is 0 Å². The molecule has 1 aliphatic rings. The highest BCUT2D eigenvalue weighted by Crippen LogP contribution is 2.28. The van der Waals surface area contributed by atoms with E-state index in [1.165, 1.54) is 11.1 Å². The Morgan fingerprint density at radius 3 is 2.20 bits per heavy atom. The molecule has 0 saturated heterocycles. The molecule has 1 N–H and O–H groups in total. The van der Waals surface area contributed by atoms with Gasteiger partial charge in [0.05, 0.1) is 5.54 Å². The van der Waals surface area contributed by atoms with Gasteiger partial charge in [-0.15, -0.1) is 0 Å². The molecule has 1 aliphatic heterocycles. The van der Waals surface area contributed by atoms with Crippen molar-refractivity contribution in [1.82, 2.24) is 0 Å². The van der Waals surface area contributed by atoms with Gasteiger partial charge in [0.2, 0.25) is 0 Å². The molecule has 0 unspecified atom stereocenters. The second-order valence-corrected chi connectivity index (χ2v) is 6.55. The van der Waals surface area contributed by atoms with Crippen molar-refractivity contribution < 1.29 is 0 Å². The van der Waals surface area contributed by atoms with Crippen LogP contribution in [0.15, 0.2) is 59.6 Å². The third-order valence-electron chi connectivity index (χ3n) is 3.21. The van der Waals surface area contributed by atoms with Crippen LogP contribution in [0.25, 0.3) is 11.1 Å². The lowest BCUT2D eigenvalue weighted by Gasteiger charge is -2.09. The van der Waals surface area contributed by atoms with Gasteiger partial charge in [0.15, 0.2) is 5.17 Å². The zero-order valence-electron chi connectivity index (χ0n) is 11.8.